The Bertz CT molecular complexity index is 1150. The molecule has 3 heterocycles. The second-order valence-electron chi connectivity index (χ2n) is 9.41. The van der Waals surface area contributed by atoms with Crippen LogP contribution in [0.25, 0.3) is 0 Å². The SMILES string of the molecule is O=C1C2C(c3cccs3)NC(CC3CCCCC3)(C(=O)O)C2C(=O)N1c1cccc([N+](=O)[O-])c1. The zero-order valence-electron chi connectivity index (χ0n) is 18.4. The van der Waals surface area contributed by atoms with Crippen molar-refractivity contribution in [2.45, 2.75) is 50.1 Å². The summed E-state index contributed by atoms with van der Waals surface area (Å²) in [7, 11) is 0. The zero-order chi connectivity index (χ0) is 24.0. The van der Waals surface area contributed by atoms with Gasteiger partial charge in [0.1, 0.15) is 5.54 Å². The number of benzene rings is 1. The minimum atomic E-state index is -1.58. The van der Waals surface area contributed by atoms with Crippen LogP contribution in [0.1, 0.15) is 49.4 Å². The molecule has 2 amide bonds. The van der Waals surface area contributed by atoms with Gasteiger partial charge in [-0.1, -0.05) is 44.2 Å². The fourth-order valence-electron chi connectivity index (χ4n) is 6.03. The average Bonchev–Trinajstić information content (AvgIpc) is 3.52. The second kappa shape index (κ2) is 8.59. The number of carboxylic acids is 1. The molecule has 0 bridgehead atoms. The molecule has 1 aromatic carbocycles. The van der Waals surface area contributed by atoms with Gasteiger partial charge in [0.15, 0.2) is 0 Å². The molecule has 0 radical (unpaired) electrons. The smallest absolute Gasteiger partial charge is 0.324 e. The molecule has 2 aliphatic heterocycles. The Labute approximate surface area is 199 Å². The lowest BCUT2D eigenvalue weighted by atomic mass is 9.72. The fraction of sp³-hybridized carbons (Fsp3) is 0.458. The number of nitro groups is 1. The van der Waals surface area contributed by atoms with Crippen molar-refractivity contribution in [3.05, 3.63) is 56.8 Å². The highest BCUT2D eigenvalue weighted by Crippen LogP contribution is 2.53. The Morgan fingerprint density at radius 3 is 2.59 bits per heavy atom. The summed E-state index contributed by atoms with van der Waals surface area (Å²) in [5.74, 6) is -4.10. The van der Waals surface area contributed by atoms with Gasteiger partial charge in [-0.15, -0.1) is 11.3 Å². The molecule has 3 aliphatic rings. The fourth-order valence-corrected chi connectivity index (χ4v) is 6.86. The molecule has 1 aliphatic carbocycles. The number of non-ortho nitro benzene ring substituents is 1. The molecular weight excluding hydrogens is 458 g/mol. The number of hydrogen-bond donors (Lipinski definition) is 2. The van der Waals surface area contributed by atoms with Crippen LogP contribution < -0.4 is 10.2 Å². The van der Waals surface area contributed by atoms with E-state index in [0.717, 1.165) is 41.9 Å². The van der Waals surface area contributed by atoms with Crippen LogP contribution in [-0.2, 0) is 14.4 Å². The zero-order valence-corrected chi connectivity index (χ0v) is 19.2. The summed E-state index contributed by atoms with van der Waals surface area (Å²) in [6.07, 6.45) is 5.23. The molecule has 2 aromatic rings. The van der Waals surface area contributed by atoms with Gasteiger partial charge in [-0.25, -0.2) is 4.90 Å². The summed E-state index contributed by atoms with van der Waals surface area (Å²) in [5, 5.41) is 26.9. The number of nitro benzene ring substituents is 1. The van der Waals surface area contributed by atoms with E-state index >= 15 is 0 Å². The Hall–Kier alpha value is -3.11. The molecule has 4 unspecified atom stereocenters. The van der Waals surface area contributed by atoms with Gasteiger partial charge in [0.05, 0.1) is 28.5 Å². The lowest BCUT2D eigenvalue weighted by Gasteiger charge is -2.35. The van der Waals surface area contributed by atoms with Crippen molar-refractivity contribution >= 4 is 40.5 Å². The summed E-state index contributed by atoms with van der Waals surface area (Å²) < 4.78 is 0. The number of anilines is 1. The maximum absolute atomic E-state index is 13.8. The van der Waals surface area contributed by atoms with Gasteiger partial charge in [-0.3, -0.25) is 29.8 Å². The summed E-state index contributed by atoms with van der Waals surface area (Å²) in [4.78, 5) is 52.8. The third-order valence-electron chi connectivity index (χ3n) is 7.52. The molecule has 9 nitrogen and oxygen atoms in total. The van der Waals surface area contributed by atoms with Gasteiger partial charge >= 0.3 is 5.97 Å². The van der Waals surface area contributed by atoms with Crippen molar-refractivity contribution in [1.29, 1.82) is 0 Å². The van der Waals surface area contributed by atoms with Crippen molar-refractivity contribution in [3.63, 3.8) is 0 Å². The molecule has 34 heavy (non-hydrogen) atoms. The molecule has 1 aromatic heterocycles. The van der Waals surface area contributed by atoms with E-state index in [1.54, 1.807) is 0 Å². The molecule has 10 heteroatoms. The van der Waals surface area contributed by atoms with Crippen molar-refractivity contribution < 1.29 is 24.4 Å². The van der Waals surface area contributed by atoms with Crippen LogP contribution in [0, 0.1) is 27.9 Å². The molecule has 178 valence electrons. The normalized spacial score (nSPS) is 29.4. The van der Waals surface area contributed by atoms with E-state index in [-0.39, 0.29) is 23.7 Å². The number of carboxylic acid groups (broad SMARTS) is 1. The van der Waals surface area contributed by atoms with Gasteiger partial charge in [-0.2, -0.15) is 0 Å². The van der Waals surface area contributed by atoms with Gasteiger partial charge < -0.3 is 5.11 Å². The van der Waals surface area contributed by atoms with Crippen molar-refractivity contribution in [3.8, 4) is 0 Å². The van der Waals surface area contributed by atoms with Crippen LogP contribution >= 0.6 is 11.3 Å². The number of amides is 2. The van der Waals surface area contributed by atoms with E-state index in [0.29, 0.717) is 0 Å². The van der Waals surface area contributed by atoms with Crippen LogP contribution in [0.2, 0.25) is 0 Å². The Morgan fingerprint density at radius 1 is 1.18 bits per heavy atom. The number of carbonyl (C=O) groups is 3. The molecular formula is C24H25N3O6S. The first-order chi connectivity index (χ1) is 16.3. The van der Waals surface area contributed by atoms with Gasteiger partial charge in [0.25, 0.3) is 5.69 Å². The molecule has 4 atom stereocenters. The highest BCUT2D eigenvalue weighted by Gasteiger charge is 2.69. The first-order valence-electron chi connectivity index (χ1n) is 11.5. The van der Waals surface area contributed by atoms with E-state index in [4.69, 9.17) is 0 Å². The summed E-state index contributed by atoms with van der Waals surface area (Å²) in [5.41, 5.74) is -1.72. The van der Waals surface area contributed by atoms with Crippen LogP contribution in [0.5, 0.6) is 0 Å². The lowest BCUT2D eigenvalue weighted by molar-refractivity contribution is -0.384. The topological polar surface area (TPSA) is 130 Å². The maximum Gasteiger partial charge on any atom is 0.324 e. The monoisotopic (exact) mass is 483 g/mol. The van der Waals surface area contributed by atoms with Gasteiger partial charge in [-0.05, 0) is 29.9 Å². The minimum absolute atomic E-state index is 0.0977. The summed E-state index contributed by atoms with van der Waals surface area (Å²) >= 11 is 1.41. The second-order valence-corrected chi connectivity index (χ2v) is 10.4. The van der Waals surface area contributed by atoms with Crippen LogP contribution in [-0.4, -0.2) is 33.4 Å². The molecule has 2 N–H and O–H groups in total. The van der Waals surface area contributed by atoms with Crippen LogP contribution in [0.15, 0.2) is 41.8 Å². The maximum atomic E-state index is 13.8. The average molecular weight is 484 g/mol. The molecule has 0 spiro atoms. The number of nitrogens with one attached hydrogen (secondary N) is 1. The number of fused-ring (bicyclic) bond motifs is 1. The Balaban J connectivity index is 1.60. The Morgan fingerprint density at radius 2 is 1.94 bits per heavy atom. The van der Waals surface area contributed by atoms with E-state index in [2.05, 4.69) is 5.32 Å². The highest BCUT2D eigenvalue weighted by molar-refractivity contribution is 7.10. The highest BCUT2D eigenvalue weighted by atomic mass is 32.1. The third kappa shape index (κ3) is 3.52. The summed E-state index contributed by atoms with van der Waals surface area (Å²) in [6.45, 7) is 0. The lowest BCUT2D eigenvalue weighted by Crippen LogP contribution is -2.56. The van der Waals surface area contributed by atoms with E-state index in [1.807, 2.05) is 17.5 Å². The number of rotatable bonds is 6. The van der Waals surface area contributed by atoms with E-state index in [1.165, 1.54) is 35.6 Å². The number of aliphatic carboxylic acids is 1. The van der Waals surface area contributed by atoms with Gasteiger partial charge in [0.2, 0.25) is 11.8 Å². The predicted octanol–water partition coefficient (Wildman–Crippen LogP) is 3.90. The van der Waals surface area contributed by atoms with Gasteiger partial charge in [0, 0.05) is 17.0 Å². The van der Waals surface area contributed by atoms with Crippen molar-refractivity contribution in [2.75, 3.05) is 4.90 Å². The predicted molar refractivity (Wildman–Crippen MR) is 124 cm³/mol. The standard InChI is InChI=1S/C24H25N3O6S/c28-21-18-19(22(29)26(21)15-8-4-9-16(12-15)27(32)33)24(23(30)31,13-14-6-2-1-3-7-14)25-20(18)17-10-5-11-34-17/h4-5,8-12,14,18-20,25H,1-3,6-7,13H2,(H,30,31). The van der Waals surface area contributed by atoms with Crippen molar-refractivity contribution in [2.24, 2.45) is 17.8 Å². The number of hydrogen-bond acceptors (Lipinski definition) is 7. The van der Waals surface area contributed by atoms with Crippen LogP contribution in [0.4, 0.5) is 11.4 Å². The minimum Gasteiger partial charge on any atom is -0.480 e. The van der Waals surface area contributed by atoms with E-state index < -0.39 is 46.1 Å². The summed E-state index contributed by atoms with van der Waals surface area (Å²) in [6, 6.07) is 8.42. The number of carbonyl (C=O) groups excluding carboxylic acids is 2. The number of imide groups is 1. The Kier molecular flexibility index (Phi) is 5.73. The molecule has 1 saturated carbocycles. The first-order valence-corrected chi connectivity index (χ1v) is 12.4. The van der Waals surface area contributed by atoms with Crippen molar-refractivity contribution in [1.82, 2.24) is 5.32 Å². The third-order valence-corrected chi connectivity index (χ3v) is 8.48. The van der Waals surface area contributed by atoms with Crippen LogP contribution in [0.3, 0.4) is 0 Å². The molecule has 3 fully saturated rings. The van der Waals surface area contributed by atoms with E-state index in [9.17, 15) is 29.6 Å². The largest absolute Gasteiger partial charge is 0.480 e. The molecule has 5 rings (SSSR count). The quantitative estimate of drug-likeness (QED) is 0.362. The number of nitrogens with zero attached hydrogens (tertiary/aromatic N) is 2. The number of thiophene rings is 1. The first kappa shape index (κ1) is 22.7. The molecule has 2 saturated heterocycles.